The Hall–Kier alpha value is -2.24. The second-order valence-electron chi connectivity index (χ2n) is 3.10. The summed E-state index contributed by atoms with van der Waals surface area (Å²) in [6.07, 6.45) is 0. The second-order valence-corrected chi connectivity index (χ2v) is 3.10. The van der Waals surface area contributed by atoms with Gasteiger partial charge in [-0.15, -0.1) is 0 Å². The average molecular weight is 223 g/mol. The molecule has 0 heterocycles. The topological polar surface area (TPSA) is 104 Å². The molecule has 0 aromatic heterocycles. The van der Waals surface area contributed by atoms with Crippen molar-refractivity contribution < 1.29 is 14.7 Å². The molecule has 0 bridgehead atoms. The van der Waals surface area contributed by atoms with Gasteiger partial charge >= 0.3 is 5.97 Å². The Morgan fingerprint density at radius 1 is 1.44 bits per heavy atom. The van der Waals surface area contributed by atoms with Gasteiger partial charge in [-0.05, 0) is 12.1 Å². The molecule has 0 saturated heterocycles. The van der Waals surface area contributed by atoms with Crippen LogP contribution in [0.25, 0.3) is 0 Å². The van der Waals surface area contributed by atoms with Crippen molar-refractivity contribution in [2.24, 2.45) is 0 Å². The molecule has 16 heavy (non-hydrogen) atoms. The van der Waals surface area contributed by atoms with Gasteiger partial charge in [0.15, 0.2) is 0 Å². The van der Waals surface area contributed by atoms with Gasteiger partial charge in [-0.2, -0.15) is 0 Å². The number of carbonyl (C=O) groups excluding carboxylic acids is 1. The van der Waals surface area contributed by atoms with Gasteiger partial charge in [0.05, 0.1) is 23.5 Å². The molecule has 1 amide bonds. The Morgan fingerprint density at radius 3 is 2.69 bits per heavy atom. The fourth-order valence-electron chi connectivity index (χ4n) is 1.20. The van der Waals surface area contributed by atoms with E-state index in [0.717, 1.165) is 0 Å². The number of hydrogen-bond donors (Lipinski definition) is 4. The molecule has 0 unspecified atom stereocenters. The zero-order valence-corrected chi connectivity index (χ0v) is 8.78. The van der Waals surface area contributed by atoms with E-state index in [0.29, 0.717) is 5.69 Å². The smallest absolute Gasteiger partial charge is 0.337 e. The monoisotopic (exact) mass is 223 g/mol. The van der Waals surface area contributed by atoms with Crippen molar-refractivity contribution in [1.29, 1.82) is 0 Å². The predicted octanol–water partition coefficient (Wildman–Crippen LogP) is 0.125. The summed E-state index contributed by atoms with van der Waals surface area (Å²) < 4.78 is 0. The van der Waals surface area contributed by atoms with E-state index < -0.39 is 5.97 Å². The largest absolute Gasteiger partial charge is 0.478 e. The molecule has 0 saturated carbocycles. The summed E-state index contributed by atoms with van der Waals surface area (Å²) in [5.74, 6) is -1.34. The van der Waals surface area contributed by atoms with Gasteiger partial charge < -0.3 is 21.5 Å². The molecule has 6 heteroatoms. The molecule has 0 fully saturated rings. The number of nitrogens with two attached hydrogens (primary N) is 1. The molecule has 5 N–H and O–H groups in total. The van der Waals surface area contributed by atoms with Crippen molar-refractivity contribution in [1.82, 2.24) is 5.32 Å². The van der Waals surface area contributed by atoms with Crippen LogP contribution in [0.3, 0.4) is 0 Å². The molecular weight excluding hydrogens is 210 g/mol. The van der Waals surface area contributed by atoms with Crippen LogP contribution in [-0.4, -0.2) is 30.6 Å². The van der Waals surface area contributed by atoms with Gasteiger partial charge in [-0.25, -0.2) is 4.79 Å². The Bertz CT molecular complexity index is 418. The Balaban J connectivity index is 2.93. The van der Waals surface area contributed by atoms with Gasteiger partial charge in [-0.3, -0.25) is 4.79 Å². The number of nitrogens with one attached hydrogen (secondary N) is 2. The number of likely N-dealkylation sites (N-methyl/N-ethyl adjacent to an activating group) is 1. The summed E-state index contributed by atoms with van der Waals surface area (Å²) in [5.41, 5.74) is 6.23. The van der Waals surface area contributed by atoms with E-state index >= 15 is 0 Å². The Labute approximate surface area is 92.4 Å². The van der Waals surface area contributed by atoms with E-state index in [1.54, 1.807) is 12.1 Å². The number of carboxylic acid groups (broad SMARTS) is 1. The lowest BCUT2D eigenvalue weighted by Gasteiger charge is -2.11. The van der Waals surface area contributed by atoms with Crippen molar-refractivity contribution in [3.8, 4) is 0 Å². The highest BCUT2D eigenvalue weighted by Gasteiger charge is 2.12. The standard InChI is InChI=1S/C10H13N3O3/c1-12-8(14)5-13-9-6(10(15)16)3-2-4-7(9)11/h2-4,13H,5,11H2,1H3,(H,12,14)(H,15,16). The summed E-state index contributed by atoms with van der Waals surface area (Å²) in [6.45, 7) is -0.0228. The molecule has 1 rings (SSSR count). The summed E-state index contributed by atoms with van der Waals surface area (Å²) in [5, 5.41) is 14.0. The van der Waals surface area contributed by atoms with Gasteiger partial charge in [0.2, 0.25) is 5.91 Å². The Morgan fingerprint density at radius 2 is 2.12 bits per heavy atom. The molecular formula is C10H13N3O3. The van der Waals surface area contributed by atoms with E-state index in [-0.39, 0.29) is 23.7 Å². The fraction of sp³-hybridized carbons (Fsp3) is 0.200. The predicted molar refractivity (Wildman–Crippen MR) is 60.4 cm³/mol. The van der Waals surface area contributed by atoms with Crippen LogP contribution < -0.4 is 16.4 Å². The second kappa shape index (κ2) is 5.01. The number of rotatable bonds is 4. The lowest BCUT2D eigenvalue weighted by molar-refractivity contribution is -0.118. The number of aromatic carboxylic acids is 1. The molecule has 0 aliphatic rings. The molecule has 86 valence electrons. The van der Waals surface area contributed by atoms with Crippen LogP contribution in [0.2, 0.25) is 0 Å². The molecule has 0 radical (unpaired) electrons. The first-order chi connectivity index (χ1) is 7.56. The molecule has 0 spiro atoms. The summed E-state index contributed by atoms with van der Waals surface area (Å²) in [6, 6.07) is 4.54. The lowest BCUT2D eigenvalue weighted by atomic mass is 10.1. The first-order valence-corrected chi connectivity index (χ1v) is 4.62. The minimum absolute atomic E-state index is 0.0228. The third kappa shape index (κ3) is 2.63. The quantitative estimate of drug-likeness (QED) is 0.543. The zero-order valence-electron chi connectivity index (χ0n) is 8.78. The average Bonchev–Trinajstić information content (AvgIpc) is 2.26. The van der Waals surface area contributed by atoms with Crippen LogP contribution in [0.5, 0.6) is 0 Å². The highest BCUT2D eigenvalue weighted by molar-refractivity contribution is 5.98. The maximum Gasteiger partial charge on any atom is 0.337 e. The van der Waals surface area contributed by atoms with E-state index in [9.17, 15) is 9.59 Å². The van der Waals surface area contributed by atoms with E-state index in [4.69, 9.17) is 10.8 Å². The SMILES string of the molecule is CNC(=O)CNc1c(N)cccc1C(=O)O. The van der Waals surface area contributed by atoms with Crippen LogP contribution in [0.4, 0.5) is 11.4 Å². The number of hydrogen-bond acceptors (Lipinski definition) is 4. The fourth-order valence-corrected chi connectivity index (χ4v) is 1.20. The van der Waals surface area contributed by atoms with Gasteiger partial charge in [-0.1, -0.05) is 6.07 Å². The number of benzene rings is 1. The summed E-state index contributed by atoms with van der Waals surface area (Å²) in [7, 11) is 1.50. The van der Waals surface area contributed by atoms with Crippen LogP contribution in [0.1, 0.15) is 10.4 Å². The molecule has 0 aliphatic carbocycles. The minimum Gasteiger partial charge on any atom is -0.478 e. The van der Waals surface area contributed by atoms with Crippen molar-refractivity contribution in [2.45, 2.75) is 0 Å². The third-order valence-electron chi connectivity index (χ3n) is 2.03. The third-order valence-corrected chi connectivity index (χ3v) is 2.03. The van der Waals surface area contributed by atoms with Crippen molar-refractivity contribution in [2.75, 3.05) is 24.6 Å². The van der Waals surface area contributed by atoms with Gasteiger partial charge in [0.1, 0.15) is 0 Å². The first kappa shape index (κ1) is 11.8. The maximum absolute atomic E-state index is 11.0. The van der Waals surface area contributed by atoms with Crippen molar-refractivity contribution in [3.63, 3.8) is 0 Å². The minimum atomic E-state index is -1.09. The lowest BCUT2D eigenvalue weighted by Crippen LogP contribution is -2.27. The summed E-state index contributed by atoms with van der Waals surface area (Å²) >= 11 is 0. The van der Waals surface area contributed by atoms with Crippen LogP contribution in [0, 0.1) is 0 Å². The van der Waals surface area contributed by atoms with Crippen molar-refractivity contribution in [3.05, 3.63) is 23.8 Å². The molecule has 1 aromatic rings. The number of para-hydroxylation sites is 1. The first-order valence-electron chi connectivity index (χ1n) is 4.62. The van der Waals surface area contributed by atoms with Crippen LogP contribution in [-0.2, 0) is 4.79 Å². The molecule has 1 aromatic carbocycles. The van der Waals surface area contributed by atoms with Crippen LogP contribution in [0.15, 0.2) is 18.2 Å². The highest BCUT2D eigenvalue weighted by Crippen LogP contribution is 2.22. The molecule has 6 nitrogen and oxygen atoms in total. The summed E-state index contributed by atoms with van der Waals surface area (Å²) in [4.78, 5) is 21.9. The molecule has 0 atom stereocenters. The Kier molecular flexibility index (Phi) is 3.71. The van der Waals surface area contributed by atoms with Gasteiger partial charge in [0.25, 0.3) is 0 Å². The van der Waals surface area contributed by atoms with Gasteiger partial charge in [0, 0.05) is 7.05 Å². The van der Waals surface area contributed by atoms with E-state index in [1.807, 2.05) is 0 Å². The zero-order chi connectivity index (χ0) is 12.1. The number of nitrogen functional groups attached to an aromatic ring is 1. The highest BCUT2D eigenvalue weighted by atomic mass is 16.4. The number of carbonyl (C=O) groups is 2. The molecule has 0 aliphatic heterocycles. The number of carboxylic acids is 1. The van der Waals surface area contributed by atoms with Crippen molar-refractivity contribution >= 4 is 23.3 Å². The normalized spacial score (nSPS) is 9.56. The van der Waals surface area contributed by atoms with E-state index in [2.05, 4.69) is 10.6 Å². The number of amides is 1. The maximum atomic E-state index is 11.0. The number of anilines is 2. The van der Waals surface area contributed by atoms with E-state index in [1.165, 1.54) is 13.1 Å². The van der Waals surface area contributed by atoms with Crippen LogP contribution >= 0.6 is 0 Å².